The zero-order valence-electron chi connectivity index (χ0n) is 24.4. The highest BCUT2D eigenvalue weighted by atomic mass is 79.9. The Hall–Kier alpha value is -3.97. The van der Waals surface area contributed by atoms with Crippen LogP contribution in [0.5, 0.6) is 5.75 Å². The summed E-state index contributed by atoms with van der Waals surface area (Å²) in [5.41, 5.74) is 0.964. The molecule has 3 aromatic rings. The number of anilines is 1. The van der Waals surface area contributed by atoms with Crippen LogP contribution >= 0.6 is 15.9 Å². The lowest BCUT2D eigenvalue weighted by molar-refractivity contribution is -0.384. The minimum absolute atomic E-state index is 0.00657. The van der Waals surface area contributed by atoms with E-state index < -0.39 is 33.4 Å². The summed E-state index contributed by atoms with van der Waals surface area (Å²) in [5, 5.41) is 14.5. The van der Waals surface area contributed by atoms with Crippen molar-refractivity contribution in [1.82, 2.24) is 10.2 Å². The predicted molar refractivity (Wildman–Crippen MR) is 168 cm³/mol. The summed E-state index contributed by atoms with van der Waals surface area (Å²) in [6.45, 7) is 3.05. The summed E-state index contributed by atoms with van der Waals surface area (Å²) >= 11 is 3.44. The zero-order chi connectivity index (χ0) is 31.7. The van der Waals surface area contributed by atoms with Crippen molar-refractivity contribution in [2.45, 2.75) is 45.3 Å². The predicted octanol–water partition coefficient (Wildman–Crippen LogP) is 4.69. The van der Waals surface area contributed by atoms with Crippen LogP contribution < -0.4 is 14.4 Å². The van der Waals surface area contributed by atoms with Crippen LogP contribution in [-0.2, 0) is 32.6 Å². The van der Waals surface area contributed by atoms with Gasteiger partial charge >= 0.3 is 0 Å². The summed E-state index contributed by atoms with van der Waals surface area (Å²) in [7, 11) is -2.86. The molecule has 11 nitrogen and oxygen atoms in total. The molecular weight excluding hydrogens is 640 g/mol. The maximum Gasteiger partial charge on any atom is 0.271 e. The van der Waals surface area contributed by atoms with Gasteiger partial charge in [0.05, 0.1) is 18.3 Å². The van der Waals surface area contributed by atoms with E-state index in [2.05, 4.69) is 21.2 Å². The molecule has 0 aliphatic heterocycles. The average Bonchev–Trinajstić information content (AvgIpc) is 2.97. The van der Waals surface area contributed by atoms with Crippen LogP contribution in [0.1, 0.15) is 31.4 Å². The second kappa shape index (κ2) is 15.0. The van der Waals surface area contributed by atoms with E-state index in [0.29, 0.717) is 12.0 Å². The molecule has 0 aromatic heterocycles. The summed E-state index contributed by atoms with van der Waals surface area (Å²) in [6, 6.07) is 18.8. The molecule has 3 aromatic carbocycles. The molecule has 0 bridgehead atoms. The molecule has 0 saturated heterocycles. The molecule has 0 aliphatic carbocycles. The number of methoxy groups -OCH3 is 1. The van der Waals surface area contributed by atoms with Crippen molar-refractivity contribution in [1.29, 1.82) is 0 Å². The number of rotatable bonds is 14. The largest absolute Gasteiger partial charge is 0.495 e. The Kier molecular flexibility index (Phi) is 11.7. The average molecular weight is 676 g/mol. The summed E-state index contributed by atoms with van der Waals surface area (Å²) in [5.74, 6) is -1.04. The van der Waals surface area contributed by atoms with Crippen molar-refractivity contribution in [3.63, 3.8) is 0 Å². The van der Waals surface area contributed by atoms with Crippen molar-refractivity contribution in [3.8, 4) is 5.75 Å². The van der Waals surface area contributed by atoms with Gasteiger partial charge in [0.1, 0.15) is 24.0 Å². The van der Waals surface area contributed by atoms with E-state index in [1.807, 2.05) is 56.3 Å². The van der Waals surface area contributed by atoms with E-state index in [-0.39, 0.29) is 42.0 Å². The van der Waals surface area contributed by atoms with Gasteiger partial charge < -0.3 is 15.0 Å². The number of halogens is 1. The topological polar surface area (TPSA) is 139 Å². The van der Waals surface area contributed by atoms with Gasteiger partial charge in [-0.25, -0.2) is 8.42 Å². The van der Waals surface area contributed by atoms with Gasteiger partial charge in [-0.15, -0.1) is 0 Å². The first-order valence-corrected chi connectivity index (χ1v) is 16.2. The Labute approximate surface area is 260 Å². The van der Waals surface area contributed by atoms with Crippen molar-refractivity contribution in [2.75, 3.05) is 24.2 Å². The number of carbonyl (C=O) groups is 2. The van der Waals surface area contributed by atoms with Gasteiger partial charge in [-0.2, -0.15) is 0 Å². The van der Waals surface area contributed by atoms with Crippen LogP contribution in [0, 0.1) is 10.1 Å². The van der Waals surface area contributed by atoms with Gasteiger partial charge in [-0.05, 0) is 42.7 Å². The molecule has 0 spiro atoms. The molecule has 1 N–H and O–H groups in total. The van der Waals surface area contributed by atoms with Crippen molar-refractivity contribution in [3.05, 3.63) is 98.5 Å². The molecule has 0 saturated carbocycles. The number of non-ortho nitro benzene ring substituents is 1. The molecule has 0 fully saturated rings. The number of nitro groups is 1. The summed E-state index contributed by atoms with van der Waals surface area (Å²) in [6.07, 6.45) is 1.73. The summed E-state index contributed by atoms with van der Waals surface area (Å²) < 4.78 is 33.0. The Morgan fingerprint density at radius 1 is 1.05 bits per heavy atom. The maximum absolute atomic E-state index is 14.2. The number of benzene rings is 3. The first kappa shape index (κ1) is 33.5. The zero-order valence-corrected chi connectivity index (χ0v) is 26.8. The number of sulfonamides is 1. The van der Waals surface area contributed by atoms with Gasteiger partial charge in [-0.3, -0.25) is 24.0 Å². The molecular formula is C30H35BrN4O7S. The number of nitro benzene ring substituents is 1. The quantitative estimate of drug-likeness (QED) is 0.193. The lowest BCUT2D eigenvalue weighted by Gasteiger charge is -2.34. The highest BCUT2D eigenvalue weighted by Crippen LogP contribution is 2.34. The lowest BCUT2D eigenvalue weighted by Crippen LogP contribution is -2.54. The van der Waals surface area contributed by atoms with Crippen LogP contribution in [0.25, 0.3) is 0 Å². The van der Waals surface area contributed by atoms with Gasteiger partial charge in [0, 0.05) is 35.6 Å². The van der Waals surface area contributed by atoms with E-state index in [9.17, 15) is 28.1 Å². The van der Waals surface area contributed by atoms with Crippen molar-refractivity contribution in [2.24, 2.45) is 0 Å². The van der Waals surface area contributed by atoms with Crippen LogP contribution in [0.2, 0.25) is 0 Å². The van der Waals surface area contributed by atoms with E-state index in [0.717, 1.165) is 26.7 Å². The second-order valence-corrected chi connectivity index (χ2v) is 12.9. The van der Waals surface area contributed by atoms with Crippen molar-refractivity contribution < 1.29 is 27.7 Å². The molecule has 0 unspecified atom stereocenters. The molecule has 0 aliphatic rings. The minimum atomic E-state index is -4.15. The Bertz CT molecular complexity index is 1550. The SMILES string of the molecule is CC[C@H](C)NC(=O)[C@H](Cc1ccccc1)N(Cc1cccc(Br)c1)C(=O)CN(c1cc([N+](=O)[O-])ccc1OC)S(C)(=O)=O. The maximum atomic E-state index is 14.2. The molecule has 2 amide bonds. The van der Waals surface area contributed by atoms with Crippen LogP contribution in [0.4, 0.5) is 11.4 Å². The third-order valence-corrected chi connectivity index (χ3v) is 8.45. The third-order valence-electron chi connectivity index (χ3n) is 6.84. The number of carbonyl (C=O) groups excluding carboxylic acids is 2. The van der Waals surface area contributed by atoms with Gasteiger partial charge in [0.25, 0.3) is 5.69 Å². The summed E-state index contributed by atoms with van der Waals surface area (Å²) in [4.78, 5) is 40.2. The first-order chi connectivity index (χ1) is 20.3. The molecule has 230 valence electrons. The van der Waals surface area contributed by atoms with E-state index in [1.54, 1.807) is 12.1 Å². The number of hydrogen-bond acceptors (Lipinski definition) is 7. The van der Waals surface area contributed by atoms with E-state index >= 15 is 0 Å². The highest BCUT2D eigenvalue weighted by Gasteiger charge is 2.34. The standard InChI is InChI=1S/C30H35BrN4O7S/c1-5-21(2)32-30(37)27(17-22-10-7-6-8-11-22)33(19-23-12-9-13-24(31)16-23)29(36)20-34(43(4,40)41)26-18-25(35(38)39)14-15-28(26)42-3/h6-16,18,21,27H,5,17,19-20H2,1-4H3,(H,32,37)/t21-,27-/m0/s1. The van der Waals surface area contributed by atoms with Gasteiger partial charge in [0.2, 0.25) is 21.8 Å². The van der Waals surface area contributed by atoms with E-state index in [1.165, 1.54) is 24.1 Å². The fraction of sp³-hybridized carbons (Fsp3) is 0.333. The molecule has 0 heterocycles. The van der Waals surface area contributed by atoms with Gasteiger partial charge in [-0.1, -0.05) is 65.3 Å². The monoisotopic (exact) mass is 674 g/mol. The molecule has 3 rings (SSSR count). The third kappa shape index (κ3) is 9.26. The highest BCUT2D eigenvalue weighted by molar-refractivity contribution is 9.10. The number of ether oxygens (including phenoxy) is 1. The number of nitrogens with one attached hydrogen (secondary N) is 1. The Morgan fingerprint density at radius 2 is 1.72 bits per heavy atom. The number of nitrogens with zero attached hydrogens (tertiary/aromatic N) is 3. The van der Waals surface area contributed by atoms with Crippen LogP contribution in [0.3, 0.4) is 0 Å². The Morgan fingerprint density at radius 3 is 2.30 bits per heavy atom. The van der Waals surface area contributed by atoms with Crippen LogP contribution in [-0.4, -0.2) is 62.0 Å². The van der Waals surface area contributed by atoms with Crippen molar-refractivity contribution >= 4 is 49.1 Å². The first-order valence-electron chi connectivity index (χ1n) is 13.5. The normalized spacial score (nSPS) is 12.6. The molecule has 2 atom stereocenters. The molecule has 43 heavy (non-hydrogen) atoms. The smallest absolute Gasteiger partial charge is 0.271 e. The number of hydrogen-bond donors (Lipinski definition) is 1. The fourth-order valence-corrected chi connectivity index (χ4v) is 5.70. The second-order valence-electron chi connectivity index (χ2n) is 10.1. The number of amides is 2. The molecule has 13 heteroatoms. The lowest BCUT2D eigenvalue weighted by atomic mass is 10.0. The Balaban J connectivity index is 2.13. The fourth-order valence-electron chi connectivity index (χ4n) is 4.41. The van der Waals surface area contributed by atoms with Gasteiger partial charge in [0.15, 0.2) is 0 Å². The minimum Gasteiger partial charge on any atom is -0.495 e. The van der Waals surface area contributed by atoms with Crippen LogP contribution in [0.15, 0.2) is 77.3 Å². The molecule has 0 radical (unpaired) electrons. The van der Waals surface area contributed by atoms with E-state index in [4.69, 9.17) is 4.74 Å².